The summed E-state index contributed by atoms with van der Waals surface area (Å²) < 4.78 is 6.77. The van der Waals surface area contributed by atoms with Crippen LogP contribution >= 0.6 is 43.2 Å². The minimum atomic E-state index is -0.400. The molecule has 17 heavy (non-hydrogen) atoms. The summed E-state index contributed by atoms with van der Waals surface area (Å²) in [5, 5.41) is 3.27. The van der Waals surface area contributed by atoms with Gasteiger partial charge in [0.05, 0.1) is 10.9 Å². The van der Waals surface area contributed by atoms with Crippen LogP contribution in [0.25, 0.3) is 0 Å². The molecule has 1 rings (SSSR count). The normalized spacial score (nSPS) is 14.4. The number of halogens is 2. The average Bonchev–Trinajstić information content (AvgIpc) is 2.65. The van der Waals surface area contributed by atoms with Crippen molar-refractivity contribution in [2.45, 2.75) is 32.4 Å². The van der Waals surface area contributed by atoms with Gasteiger partial charge in [-0.2, -0.15) is 0 Å². The first-order valence-corrected chi connectivity index (χ1v) is 7.68. The van der Waals surface area contributed by atoms with Crippen LogP contribution in [0, 0.1) is 0 Å². The van der Waals surface area contributed by atoms with Gasteiger partial charge in [0.15, 0.2) is 0 Å². The van der Waals surface area contributed by atoms with Crippen LogP contribution in [0.15, 0.2) is 14.3 Å². The Kier molecular flexibility index (Phi) is 6.12. The molecule has 1 aromatic heterocycles. The predicted octanol–water partition coefficient (Wildman–Crippen LogP) is 3.88. The fraction of sp³-hybridized carbons (Fsp3) is 0.545. The highest BCUT2D eigenvalue weighted by molar-refractivity contribution is 9.13. The number of nitrogens with one attached hydrogen (secondary N) is 1. The molecule has 0 fully saturated rings. The predicted molar refractivity (Wildman–Crippen MR) is 77.4 cm³/mol. The quantitative estimate of drug-likeness (QED) is 0.783. The Labute approximate surface area is 122 Å². The van der Waals surface area contributed by atoms with Gasteiger partial charge in [0.1, 0.15) is 6.04 Å². The lowest BCUT2D eigenvalue weighted by atomic mass is 10.2. The van der Waals surface area contributed by atoms with E-state index in [0.29, 0.717) is 0 Å². The maximum absolute atomic E-state index is 11.8. The summed E-state index contributed by atoms with van der Waals surface area (Å²) in [5.74, 6) is -0.258. The smallest absolute Gasteiger partial charge is 0.328 e. The molecule has 0 radical (unpaired) electrons. The van der Waals surface area contributed by atoms with E-state index in [4.69, 9.17) is 4.74 Å². The molecule has 0 aliphatic carbocycles. The van der Waals surface area contributed by atoms with E-state index in [-0.39, 0.29) is 12.0 Å². The monoisotopic (exact) mass is 383 g/mol. The summed E-state index contributed by atoms with van der Waals surface area (Å²) in [7, 11) is 1.41. The minimum Gasteiger partial charge on any atom is -0.468 e. The fourth-order valence-corrected chi connectivity index (χ4v) is 3.43. The van der Waals surface area contributed by atoms with Crippen molar-refractivity contribution in [3.8, 4) is 0 Å². The van der Waals surface area contributed by atoms with Gasteiger partial charge in [0.2, 0.25) is 0 Å². The Balaban J connectivity index is 2.93. The maximum Gasteiger partial charge on any atom is 0.328 e. The molecule has 1 aromatic rings. The van der Waals surface area contributed by atoms with Crippen molar-refractivity contribution in [3.63, 3.8) is 0 Å². The summed E-state index contributed by atoms with van der Waals surface area (Å²) in [6.07, 6.45) is 0.960. The number of rotatable bonds is 5. The molecular formula is C11H15Br2NO2S. The number of carbonyl (C=O) groups is 1. The van der Waals surface area contributed by atoms with Crippen molar-refractivity contribution in [1.29, 1.82) is 0 Å². The number of thiophene rings is 1. The van der Waals surface area contributed by atoms with E-state index in [2.05, 4.69) is 44.1 Å². The summed E-state index contributed by atoms with van der Waals surface area (Å²) in [6.45, 7) is 4.12. The summed E-state index contributed by atoms with van der Waals surface area (Å²) in [4.78, 5) is 12.7. The van der Waals surface area contributed by atoms with Gasteiger partial charge in [0.25, 0.3) is 0 Å². The van der Waals surface area contributed by atoms with Gasteiger partial charge in [-0.1, -0.05) is 6.92 Å². The molecule has 0 aromatic carbocycles. The molecule has 2 atom stereocenters. The highest BCUT2D eigenvalue weighted by Gasteiger charge is 2.25. The first-order chi connectivity index (χ1) is 7.99. The van der Waals surface area contributed by atoms with E-state index in [1.807, 2.05) is 13.0 Å². The Morgan fingerprint density at radius 3 is 2.65 bits per heavy atom. The number of hydrogen-bond donors (Lipinski definition) is 1. The highest BCUT2D eigenvalue weighted by atomic mass is 79.9. The summed E-state index contributed by atoms with van der Waals surface area (Å²) >= 11 is 8.38. The molecule has 0 aliphatic heterocycles. The van der Waals surface area contributed by atoms with E-state index in [9.17, 15) is 4.79 Å². The van der Waals surface area contributed by atoms with Crippen LogP contribution in [0.5, 0.6) is 0 Å². The second-order valence-electron chi connectivity index (χ2n) is 3.70. The van der Waals surface area contributed by atoms with Gasteiger partial charge < -0.3 is 4.74 Å². The van der Waals surface area contributed by atoms with Crippen LogP contribution in [0.2, 0.25) is 0 Å². The molecule has 0 amide bonds. The van der Waals surface area contributed by atoms with Gasteiger partial charge in [-0.05, 0) is 51.3 Å². The molecule has 0 aliphatic rings. The molecule has 0 bridgehead atoms. The zero-order valence-electron chi connectivity index (χ0n) is 9.92. The molecule has 0 saturated heterocycles. The van der Waals surface area contributed by atoms with Crippen molar-refractivity contribution in [2.75, 3.05) is 7.11 Å². The number of carbonyl (C=O) groups excluding carboxylic acids is 1. The lowest BCUT2D eigenvalue weighted by Gasteiger charge is -2.19. The molecule has 0 spiro atoms. The summed E-state index contributed by atoms with van der Waals surface area (Å²) in [5.41, 5.74) is 0. The van der Waals surface area contributed by atoms with Crippen molar-refractivity contribution < 1.29 is 9.53 Å². The lowest BCUT2D eigenvalue weighted by molar-refractivity contribution is -0.143. The first-order valence-electron chi connectivity index (χ1n) is 5.28. The van der Waals surface area contributed by atoms with E-state index in [1.165, 1.54) is 18.4 Å². The van der Waals surface area contributed by atoms with Crippen LogP contribution in [-0.2, 0) is 9.53 Å². The maximum atomic E-state index is 11.8. The molecular weight excluding hydrogens is 370 g/mol. The van der Waals surface area contributed by atoms with Gasteiger partial charge in [0, 0.05) is 15.4 Å². The zero-order valence-corrected chi connectivity index (χ0v) is 13.9. The minimum absolute atomic E-state index is 0.258. The molecule has 1 N–H and O–H groups in total. The number of hydrogen-bond acceptors (Lipinski definition) is 4. The second-order valence-corrected chi connectivity index (χ2v) is 6.96. The number of methoxy groups -OCH3 is 1. The van der Waals surface area contributed by atoms with Gasteiger partial charge in [-0.3, -0.25) is 5.32 Å². The van der Waals surface area contributed by atoms with Crippen LogP contribution in [0.4, 0.5) is 0 Å². The second kappa shape index (κ2) is 6.87. The van der Waals surface area contributed by atoms with Crippen LogP contribution in [0.1, 0.15) is 31.2 Å². The van der Waals surface area contributed by atoms with Crippen molar-refractivity contribution in [1.82, 2.24) is 5.32 Å². The molecule has 0 saturated carbocycles. The molecule has 2 unspecified atom stereocenters. The largest absolute Gasteiger partial charge is 0.468 e. The third-order valence-electron chi connectivity index (χ3n) is 2.45. The van der Waals surface area contributed by atoms with E-state index in [1.54, 1.807) is 0 Å². The molecule has 6 heteroatoms. The molecule has 1 heterocycles. The summed E-state index contributed by atoms with van der Waals surface area (Å²) in [6, 6.07) is 1.80. The Morgan fingerprint density at radius 1 is 1.59 bits per heavy atom. The van der Waals surface area contributed by atoms with Crippen molar-refractivity contribution >= 4 is 49.2 Å². The van der Waals surface area contributed by atoms with E-state index < -0.39 is 6.04 Å². The number of ether oxygens (including phenoxy) is 1. The first kappa shape index (κ1) is 15.1. The fourth-order valence-electron chi connectivity index (χ4n) is 1.29. The molecule has 96 valence electrons. The topological polar surface area (TPSA) is 38.3 Å². The third kappa shape index (κ3) is 4.05. The van der Waals surface area contributed by atoms with E-state index in [0.717, 1.165) is 19.6 Å². The average molecular weight is 385 g/mol. The van der Waals surface area contributed by atoms with E-state index >= 15 is 0 Å². The van der Waals surface area contributed by atoms with Crippen LogP contribution < -0.4 is 5.32 Å². The third-order valence-corrected chi connectivity index (χ3v) is 5.77. The van der Waals surface area contributed by atoms with Crippen LogP contribution in [-0.4, -0.2) is 19.1 Å². The van der Waals surface area contributed by atoms with Gasteiger partial charge >= 0.3 is 5.97 Å². The lowest BCUT2D eigenvalue weighted by Crippen LogP contribution is -2.35. The standard InChI is InChI=1S/C11H15Br2NO2S/c1-4-6(2)14-9(11(15)16-3)8-5-7(12)10(13)17-8/h5-6,9,14H,4H2,1-3H3. The Morgan fingerprint density at radius 2 is 2.24 bits per heavy atom. The van der Waals surface area contributed by atoms with Gasteiger partial charge in [-0.15, -0.1) is 11.3 Å². The highest BCUT2D eigenvalue weighted by Crippen LogP contribution is 2.36. The SMILES string of the molecule is CCC(C)NC(C(=O)OC)c1cc(Br)c(Br)s1. The Hall–Kier alpha value is 0.0900. The van der Waals surface area contributed by atoms with Crippen LogP contribution in [0.3, 0.4) is 0 Å². The molecule has 3 nitrogen and oxygen atoms in total. The zero-order chi connectivity index (χ0) is 13.0. The van der Waals surface area contributed by atoms with Gasteiger partial charge in [-0.25, -0.2) is 4.79 Å². The Bertz CT molecular complexity index is 375. The van der Waals surface area contributed by atoms with Crippen molar-refractivity contribution in [3.05, 3.63) is 19.2 Å². The van der Waals surface area contributed by atoms with Crippen molar-refractivity contribution in [2.24, 2.45) is 0 Å². The number of esters is 1.